The van der Waals surface area contributed by atoms with Crippen LogP contribution in [0.5, 0.6) is 0 Å². The lowest BCUT2D eigenvalue weighted by Crippen LogP contribution is -2.16. The summed E-state index contributed by atoms with van der Waals surface area (Å²) in [5, 5.41) is 9.68. The van der Waals surface area contributed by atoms with Gasteiger partial charge in [0.05, 0.1) is 17.7 Å². The molecule has 0 aliphatic rings. The smallest absolute Gasteiger partial charge is 0.339 e. The van der Waals surface area contributed by atoms with Gasteiger partial charge in [0.25, 0.3) is 0 Å². The molecule has 4 heteroatoms. The van der Waals surface area contributed by atoms with E-state index in [1.54, 1.807) is 6.07 Å². The van der Waals surface area contributed by atoms with Crippen LogP contribution in [0, 0.1) is 0 Å². The first-order chi connectivity index (χ1) is 12.1. The largest absolute Gasteiger partial charge is 0.478 e. The topological polar surface area (TPSA) is 63.6 Å². The van der Waals surface area contributed by atoms with E-state index < -0.39 is 11.9 Å². The summed E-state index contributed by atoms with van der Waals surface area (Å²) in [6.07, 6.45) is 8.62. The van der Waals surface area contributed by atoms with E-state index in [2.05, 4.69) is 13.8 Å². The first-order valence-corrected chi connectivity index (χ1v) is 9.61. The van der Waals surface area contributed by atoms with E-state index in [4.69, 9.17) is 4.74 Å². The van der Waals surface area contributed by atoms with Gasteiger partial charge in [-0.25, -0.2) is 9.59 Å². The Labute approximate surface area is 151 Å². The molecule has 0 amide bonds. The summed E-state index contributed by atoms with van der Waals surface area (Å²) in [5.74, 6) is -1.57. The molecule has 0 fully saturated rings. The van der Waals surface area contributed by atoms with E-state index in [0.717, 1.165) is 49.7 Å². The van der Waals surface area contributed by atoms with Crippen molar-refractivity contribution in [3.05, 3.63) is 34.4 Å². The number of carbonyl (C=O) groups excluding carboxylic acids is 1. The number of hydrogen-bond donors (Lipinski definition) is 1. The van der Waals surface area contributed by atoms with Crippen LogP contribution < -0.4 is 0 Å². The van der Waals surface area contributed by atoms with E-state index >= 15 is 0 Å². The van der Waals surface area contributed by atoms with Crippen molar-refractivity contribution in [1.29, 1.82) is 0 Å². The van der Waals surface area contributed by atoms with Crippen LogP contribution >= 0.6 is 0 Å². The van der Waals surface area contributed by atoms with Crippen LogP contribution in [0.2, 0.25) is 0 Å². The van der Waals surface area contributed by atoms with Gasteiger partial charge in [0.15, 0.2) is 0 Å². The first-order valence-electron chi connectivity index (χ1n) is 9.61. The number of benzene rings is 1. The van der Waals surface area contributed by atoms with Crippen molar-refractivity contribution in [2.24, 2.45) is 0 Å². The maximum absolute atomic E-state index is 12.4. The average molecular weight is 348 g/mol. The fourth-order valence-electron chi connectivity index (χ4n) is 3.09. The predicted molar refractivity (Wildman–Crippen MR) is 100 cm³/mol. The standard InChI is InChI=1S/C21H32O4/c1-4-7-8-9-10-15-25-21(24)18-14-13-16(11-5-2)17(12-6-3)19(18)20(22)23/h13-14H,4-12,15H2,1-3H3,(H,22,23). The SMILES string of the molecule is CCCCCCCOC(=O)c1ccc(CCC)c(CCC)c1C(=O)O. The monoisotopic (exact) mass is 348 g/mol. The van der Waals surface area contributed by atoms with E-state index in [0.29, 0.717) is 13.0 Å². The molecule has 0 spiro atoms. The fourth-order valence-corrected chi connectivity index (χ4v) is 3.09. The summed E-state index contributed by atoms with van der Waals surface area (Å²) < 4.78 is 5.33. The second kappa shape index (κ2) is 11.7. The van der Waals surface area contributed by atoms with Gasteiger partial charge in [0.2, 0.25) is 0 Å². The van der Waals surface area contributed by atoms with Gasteiger partial charge in [-0.05, 0) is 36.5 Å². The summed E-state index contributed by atoms with van der Waals surface area (Å²) >= 11 is 0. The second-order valence-corrected chi connectivity index (χ2v) is 6.48. The minimum absolute atomic E-state index is 0.129. The number of esters is 1. The number of hydrogen-bond acceptors (Lipinski definition) is 3. The van der Waals surface area contributed by atoms with Crippen molar-refractivity contribution in [3.8, 4) is 0 Å². The summed E-state index contributed by atoms with van der Waals surface area (Å²) in [6, 6.07) is 3.51. The van der Waals surface area contributed by atoms with Crippen molar-refractivity contribution in [1.82, 2.24) is 0 Å². The van der Waals surface area contributed by atoms with Crippen molar-refractivity contribution < 1.29 is 19.4 Å². The summed E-state index contributed by atoms with van der Waals surface area (Å²) in [4.78, 5) is 24.2. The van der Waals surface area contributed by atoms with Gasteiger partial charge in [0, 0.05) is 0 Å². The third kappa shape index (κ3) is 6.52. The Bertz CT molecular complexity index is 563. The lowest BCUT2D eigenvalue weighted by molar-refractivity contribution is 0.0487. The fraction of sp³-hybridized carbons (Fsp3) is 0.619. The molecule has 1 rings (SSSR count). The Morgan fingerprint density at radius 2 is 1.60 bits per heavy atom. The molecule has 0 aromatic heterocycles. The zero-order valence-electron chi connectivity index (χ0n) is 15.9. The molecule has 140 valence electrons. The Morgan fingerprint density at radius 3 is 2.20 bits per heavy atom. The van der Waals surface area contributed by atoms with Crippen LogP contribution in [-0.4, -0.2) is 23.7 Å². The summed E-state index contributed by atoms with van der Waals surface area (Å²) in [5.41, 5.74) is 2.13. The average Bonchev–Trinajstić information content (AvgIpc) is 2.59. The van der Waals surface area contributed by atoms with Gasteiger partial charge >= 0.3 is 11.9 Å². The maximum atomic E-state index is 12.4. The molecule has 1 aromatic carbocycles. The zero-order chi connectivity index (χ0) is 18.7. The highest BCUT2D eigenvalue weighted by atomic mass is 16.5. The number of carbonyl (C=O) groups is 2. The van der Waals surface area contributed by atoms with Gasteiger partial charge in [-0.15, -0.1) is 0 Å². The van der Waals surface area contributed by atoms with E-state index in [1.165, 1.54) is 12.8 Å². The van der Waals surface area contributed by atoms with Crippen LogP contribution in [0.15, 0.2) is 12.1 Å². The molecule has 4 nitrogen and oxygen atoms in total. The van der Waals surface area contributed by atoms with Gasteiger partial charge < -0.3 is 9.84 Å². The second-order valence-electron chi connectivity index (χ2n) is 6.48. The minimum atomic E-state index is -1.05. The van der Waals surface area contributed by atoms with E-state index in [1.807, 2.05) is 13.0 Å². The predicted octanol–water partition coefficient (Wildman–Crippen LogP) is 5.42. The molecular formula is C21H32O4. The normalized spacial score (nSPS) is 10.7. The van der Waals surface area contributed by atoms with Crippen molar-refractivity contribution in [2.75, 3.05) is 6.61 Å². The molecule has 0 saturated heterocycles. The minimum Gasteiger partial charge on any atom is -0.478 e. The summed E-state index contributed by atoms with van der Waals surface area (Å²) in [6.45, 7) is 6.59. The number of ether oxygens (including phenoxy) is 1. The van der Waals surface area contributed by atoms with Crippen molar-refractivity contribution in [3.63, 3.8) is 0 Å². The van der Waals surface area contributed by atoms with Crippen LogP contribution in [-0.2, 0) is 17.6 Å². The lowest BCUT2D eigenvalue weighted by atomic mass is 9.91. The number of unbranched alkanes of at least 4 members (excludes halogenated alkanes) is 4. The number of carboxylic acids is 1. The van der Waals surface area contributed by atoms with Gasteiger partial charge in [-0.2, -0.15) is 0 Å². The van der Waals surface area contributed by atoms with Gasteiger partial charge in [-0.1, -0.05) is 65.4 Å². The molecular weight excluding hydrogens is 316 g/mol. The Kier molecular flexibility index (Phi) is 9.90. The van der Waals surface area contributed by atoms with Gasteiger partial charge in [-0.3, -0.25) is 0 Å². The molecule has 0 unspecified atom stereocenters. The van der Waals surface area contributed by atoms with Gasteiger partial charge in [0.1, 0.15) is 0 Å². The highest BCUT2D eigenvalue weighted by molar-refractivity contribution is 6.03. The zero-order valence-corrected chi connectivity index (χ0v) is 15.9. The molecule has 0 heterocycles. The molecule has 1 N–H and O–H groups in total. The molecule has 0 radical (unpaired) electrons. The van der Waals surface area contributed by atoms with Crippen LogP contribution in [0.4, 0.5) is 0 Å². The van der Waals surface area contributed by atoms with E-state index in [-0.39, 0.29) is 11.1 Å². The number of aromatic carboxylic acids is 1. The van der Waals surface area contributed by atoms with Crippen molar-refractivity contribution in [2.45, 2.75) is 78.6 Å². The van der Waals surface area contributed by atoms with Crippen molar-refractivity contribution >= 4 is 11.9 Å². The molecule has 0 saturated carbocycles. The number of rotatable bonds is 12. The molecule has 0 aliphatic heterocycles. The number of aryl methyl sites for hydroxylation is 1. The first kappa shape index (κ1) is 21.2. The molecule has 0 bridgehead atoms. The molecule has 1 aromatic rings. The maximum Gasteiger partial charge on any atom is 0.339 e. The number of carboxylic acid groups (broad SMARTS) is 1. The quantitative estimate of drug-likeness (QED) is 0.405. The molecule has 25 heavy (non-hydrogen) atoms. The Balaban J connectivity index is 2.92. The van der Waals surface area contributed by atoms with Crippen LogP contribution in [0.25, 0.3) is 0 Å². The Morgan fingerprint density at radius 1 is 0.920 bits per heavy atom. The third-order valence-corrected chi connectivity index (χ3v) is 4.34. The van der Waals surface area contributed by atoms with E-state index in [9.17, 15) is 14.7 Å². The molecule has 0 atom stereocenters. The third-order valence-electron chi connectivity index (χ3n) is 4.34. The highest BCUT2D eigenvalue weighted by Crippen LogP contribution is 2.24. The van der Waals surface area contributed by atoms with Crippen LogP contribution in [0.3, 0.4) is 0 Å². The highest BCUT2D eigenvalue weighted by Gasteiger charge is 2.23. The van der Waals surface area contributed by atoms with Crippen LogP contribution in [0.1, 0.15) is 97.6 Å². The molecule has 0 aliphatic carbocycles. The Hall–Kier alpha value is -1.84. The lowest BCUT2D eigenvalue weighted by Gasteiger charge is -2.15. The summed E-state index contributed by atoms with van der Waals surface area (Å²) in [7, 11) is 0.